The maximum Gasteiger partial charge on any atom is 0.305 e. The second-order valence-corrected chi connectivity index (χ2v) is 5.94. The lowest BCUT2D eigenvalue weighted by Gasteiger charge is -2.13. The van der Waals surface area contributed by atoms with E-state index in [2.05, 4.69) is 40.0 Å². The van der Waals surface area contributed by atoms with Crippen LogP contribution in [-0.4, -0.2) is 15.9 Å². The minimum Gasteiger partial charge on any atom is -0.459 e. The van der Waals surface area contributed by atoms with E-state index in [9.17, 15) is 4.79 Å². The number of rotatable bonds is 6. The first-order valence-corrected chi connectivity index (χ1v) is 8.12. The summed E-state index contributed by atoms with van der Waals surface area (Å²) < 4.78 is 5.01. The maximum absolute atomic E-state index is 11.9. The normalized spacial score (nSPS) is 10.6. The first kappa shape index (κ1) is 17.3. The van der Waals surface area contributed by atoms with Crippen molar-refractivity contribution in [2.45, 2.75) is 19.8 Å². The molecule has 2 heterocycles. The summed E-state index contributed by atoms with van der Waals surface area (Å²) in [5, 5.41) is 3.15. The number of benzene rings is 1. The van der Waals surface area contributed by atoms with Gasteiger partial charge in [0.15, 0.2) is 17.4 Å². The van der Waals surface area contributed by atoms with Crippen LogP contribution in [0.4, 0.5) is 23.0 Å². The molecule has 1 amide bonds. The molecule has 8 heteroatoms. The van der Waals surface area contributed by atoms with E-state index in [0.29, 0.717) is 11.7 Å². The fourth-order valence-electron chi connectivity index (χ4n) is 2.27. The van der Waals surface area contributed by atoms with E-state index in [1.54, 1.807) is 12.1 Å². The third-order valence-electron chi connectivity index (χ3n) is 3.76. The van der Waals surface area contributed by atoms with E-state index in [-0.39, 0.29) is 17.3 Å². The molecular weight excluding hydrogens is 332 g/mol. The van der Waals surface area contributed by atoms with Gasteiger partial charge in [0.2, 0.25) is 0 Å². The number of nitrogens with one attached hydrogen (secondary N) is 3. The van der Waals surface area contributed by atoms with Gasteiger partial charge >= 0.3 is 5.91 Å². The molecular formula is C18H20N6O2. The molecule has 8 nitrogen and oxygen atoms in total. The monoisotopic (exact) mass is 352 g/mol. The summed E-state index contributed by atoms with van der Waals surface area (Å²) in [5.74, 6) is 0.913. The van der Waals surface area contributed by atoms with Gasteiger partial charge < -0.3 is 15.5 Å². The number of carbonyl (C=O) groups excluding carboxylic acids is 1. The fraction of sp³-hybridized carbons (Fsp3) is 0.167. The summed E-state index contributed by atoms with van der Waals surface area (Å²) in [6.45, 7) is 4.28. The summed E-state index contributed by atoms with van der Waals surface area (Å²) in [6.07, 6.45) is 2.77. The Hall–Kier alpha value is -3.55. The van der Waals surface area contributed by atoms with Gasteiger partial charge in [-0.2, -0.15) is 0 Å². The first-order chi connectivity index (χ1) is 12.5. The van der Waals surface area contributed by atoms with E-state index in [4.69, 9.17) is 10.2 Å². The fourth-order valence-corrected chi connectivity index (χ4v) is 2.27. The van der Waals surface area contributed by atoms with E-state index in [1.165, 1.54) is 18.2 Å². The van der Waals surface area contributed by atoms with Crippen molar-refractivity contribution in [2.75, 3.05) is 16.5 Å². The summed E-state index contributed by atoms with van der Waals surface area (Å²) in [5.41, 5.74) is 13.6. The van der Waals surface area contributed by atoms with E-state index < -0.39 is 5.91 Å². The molecule has 2 aromatic heterocycles. The highest BCUT2D eigenvalue weighted by atomic mass is 16.3. The third kappa shape index (κ3) is 3.92. The highest BCUT2D eigenvalue weighted by Crippen LogP contribution is 2.26. The smallest absolute Gasteiger partial charge is 0.305 e. The number of hydrazine groups is 1. The average Bonchev–Trinajstić information content (AvgIpc) is 3.17. The van der Waals surface area contributed by atoms with Gasteiger partial charge in [0.1, 0.15) is 12.0 Å². The minimum absolute atomic E-state index is 0.175. The van der Waals surface area contributed by atoms with Crippen LogP contribution < -0.4 is 21.9 Å². The Kier molecular flexibility index (Phi) is 5.02. The molecule has 0 spiro atoms. The molecule has 0 atom stereocenters. The zero-order valence-corrected chi connectivity index (χ0v) is 14.5. The first-order valence-electron chi connectivity index (χ1n) is 8.12. The number of aromatic nitrogens is 2. The number of nitrogens with zero attached hydrogens (tertiary/aromatic N) is 2. The molecule has 3 rings (SSSR count). The van der Waals surface area contributed by atoms with Crippen LogP contribution in [0.25, 0.3) is 0 Å². The predicted octanol–water partition coefficient (Wildman–Crippen LogP) is 3.28. The molecule has 0 aliphatic rings. The summed E-state index contributed by atoms with van der Waals surface area (Å²) in [7, 11) is 0. The SMILES string of the molecule is CC(C)c1ccc(Nc2ncnc(NNC(=O)c3ccco3)c2N)cc1. The quantitative estimate of drug-likeness (QED) is 0.503. The maximum atomic E-state index is 11.9. The Bertz CT molecular complexity index is 875. The predicted molar refractivity (Wildman–Crippen MR) is 100 cm³/mol. The van der Waals surface area contributed by atoms with Crippen molar-refractivity contribution in [1.29, 1.82) is 0 Å². The van der Waals surface area contributed by atoms with Crippen LogP contribution in [0.5, 0.6) is 0 Å². The molecule has 5 N–H and O–H groups in total. The van der Waals surface area contributed by atoms with E-state index in [1.807, 2.05) is 24.3 Å². The lowest BCUT2D eigenvalue weighted by molar-refractivity contribution is 0.0935. The number of nitrogen functional groups attached to an aromatic ring is 1. The van der Waals surface area contributed by atoms with Gasteiger partial charge in [-0.25, -0.2) is 9.97 Å². The molecule has 0 radical (unpaired) electrons. The van der Waals surface area contributed by atoms with Crippen LogP contribution in [0.15, 0.2) is 53.4 Å². The van der Waals surface area contributed by atoms with Crippen molar-refractivity contribution in [2.24, 2.45) is 0 Å². The van der Waals surface area contributed by atoms with Crippen LogP contribution in [0.1, 0.15) is 35.9 Å². The van der Waals surface area contributed by atoms with Crippen molar-refractivity contribution in [1.82, 2.24) is 15.4 Å². The highest BCUT2D eigenvalue weighted by Gasteiger charge is 2.12. The molecule has 26 heavy (non-hydrogen) atoms. The molecule has 0 bridgehead atoms. The van der Waals surface area contributed by atoms with Crippen molar-refractivity contribution >= 4 is 28.9 Å². The topological polar surface area (TPSA) is 118 Å². The van der Waals surface area contributed by atoms with Crippen LogP contribution in [-0.2, 0) is 0 Å². The van der Waals surface area contributed by atoms with Gasteiger partial charge in [-0.3, -0.25) is 15.6 Å². The molecule has 1 aromatic carbocycles. The van der Waals surface area contributed by atoms with Crippen LogP contribution >= 0.6 is 0 Å². The molecule has 0 fully saturated rings. The zero-order valence-electron chi connectivity index (χ0n) is 14.5. The molecule has 134 valence electrons. The lowest BCUT2D eigenvalue weighted by atomic mass is 10.0. The number of amides is 1. The van der Waals surface area contributed by atoms with Gasteiger partial charge in [0.25, 0.3) is 0 Å². The molecule has 0 aliphatic carbocycles. The Morgan fingerprint density at radius 2 is 1.85 bits per heavy atom. The summed E-state index contributed by atoms with van der Waals surface area (Å²) in [6, 6.07) is 11.2. The van der Waals surface area contributed by atoms with Crippen molar-refractivity contribution in [3.63, 3.8) is 0 Å². The molecule has 3 aromatic rings. The number of carbonyl (C=O) groups is 1. The molecule has 0 unspecified atom stereocenters. The Labute approximate surface area is 150 Å². The second kappa shape index (κ2) is 7.56. The van der Waals surface area contributed by atoms with Gasteiger partial charge in [-0.1, -0.05) is 26.0 Å². The number of nitrogens with two attached hydrogens (primary N) is 1. The molecule has 0 saturated carbocycles. The Balaban J connectivity index is 1.69. The van der Waals surface area contributed by atoms with Crippen molar-refractivity contribution < 1.29 is 9.21 Å². The lowest BCUT2D eigenvalue weighted by Crippen LogP contribution is -2.30. The van der Waals surface area contributed by atoms with Gasteiger partial charge in [0, 0.05) is 5.69 Å². The van der Waals surface area contributed by atoms with Crippen LogP contribution in [0.2, 0.25) is 0 Å². The standard InChI is InChI=1S/C18H20N6O2/c1-11(2)12-5-7-13(8-6-12)22-16-15(19)17(21-10-20-16)23-24-18(25)14-4-3-9-26-14/h3-11H,19H2,1-2H3,(H,24,25)(H2,20,21,22,23). The van der Waals surface area contributed by atoms with Crippen molar-refractivity contribution in [3.8, 4) is 0 Å². The summed E-state index contributed by atoms with van der Waals surface area (Å²) in [4.78, 5) is 20.1. The average molecular weight is 352 g/mol. The van der Waals surface area contributed by atoms with Gasteiger partial charge in [-0.15, -0.1) is 0 Å². The third-order valence-corrected chi connectivity index (χ3v) is 3.76. The highest BCUT2D eigenvalue weighted by molar-refractivity contribution is 5.92. The number of anilines is 4. The number of furan rings is 1. The van der Waals surface area contributed by atoms with E-state index >= 15 is 0 Å². The minimum atomic E-state index is -0.438. The number of hydrogen-bond acceptors (Lipinski definition) is 7. The second-order valence-electron chi connectivity index (χ2n) is 5.94. The van der Waals surface area contributed by atoms with Crippen LogP contribution in [0, 0.1) is 0 Å². The Morgan fingerprint density at radius 3 is 2.50 bits per heavy atom. The Morgan fingerprint density at radius 1 is 1.12 bits per heavy atom. The zero-order chi connectivity index (χ0) is 18.5. The van der Waals surface area contributed by atoms with Crippen molar-refractivity contribution in [3.05, 3.63) is 60.3 Å². The summed E-state index contributed by atoms with van der Waals surface area (Å²) >= 11 is 0. The largest absolute Gasteiger partial charge is 0.459 e. The van der Waals surface area contributed by atoms with Crippen LogP contribution in [0.3, 0.4) is 0 Å². The molecule has 0 saturated heterocycles. The van der Waals surface area contributed by atoms with E-state index in [0.717, 1.165) is 5.69 Å². The molecule has 0 aliphatic heterocycles. The number of hydrogen-bond donors (Lipinski definition) is 4. The van der Waals surface area contributed by atoms with Gasteiger partial charge in [-0.05, 0) is 35.7 Å². The van der Waals surface area contributed by atoms with Gasteiger partial charge in [0.05, 0.1) is 6.26 Å².